The Morgan fingerprint density at radius 1 is 1.25 bits per heavy atom. The number of hydrogen-bond acceptors (Lipinski definition) is 2. The first kappa shape index (κ1) is 15.4. The van der Waals surface area contributed by atoms with E-state index in [2.05, 4.69) is 15.9 Å². The fraction of sp³-hybridized carbons (Fsp3) is 0.250. The minimum atomic E-state index is 0.136. The smallest absolute Gasteiger partial charge is 0.130 e. The fourth-order valence-corrected chi connectivity index (χ4v) is 2.70. The summed E-state index contributed by atoms with van der Waals surface area (Å²) in [6, 6.07) is 11.7. The summed E-state index contributed by atoms with van der Waals surface area (Å²) in [5, 5.41) is 0.711. The Morgan fingerprint density at radius 3 is 2.60 bits per heavy atom. The second-order valence-electron chi connectivity index (χ2n) is 4.95. The lowest BCUT2D eigenvalue weighted by molar-refractivity contribution is 0.478. The van der Waals surface area contributed by atoms with E-state index in [-0.39, 0.29) is 6.04 Å². The Morgan fingerprint density at radius 2 is 2.00 bits per heavy atom. The van der Waals surface area contributed by atoms with Gasteiger partial charge in [0.1, 0.15) is 11.5 Å². The monoisotopic (exact) mass is 353 g/mol. The van der Waals surface area contributed by atoms with Crippen molar-refractivity contribution in [1.82, 2.24) is 0 Å². The summed E-state index contributed by atoms with van der Waals surface area (Å²) >= 11 is 9.50. The molecule has 0 aromatic heterocycles. The standard InChI is InChI=1S/C16H17BrClNO/c1-10-7-13(18)4-6-16(10)20-14-5-3-12(8-11(2)19)15(17)9-14/h3-7,9,11H,8,19H2,1-2H3. The predicted octanol–water partition coefficient (Wildman–Crippen LogP) is 5.09. The van der Waals surface area contributed by atoms with Crippen molar-refractivity contribution in [2.75, 3.05) is 0 Å². The number of hydrogen-bond donors (Lipinski definition) is 1. The van der Waals surface area contributed by atoms with Gasteiger partial charge in [-0.05, 0) is 61.7 Å². The highest BCUT2D eigenvalue weighted by molar-refractivity contribution is 9.10. The lowest BCUT2D eigenvalue weighted by Gasteiger charge is -2.12. The SMILES string of the molecule is Cc1cc(Cl)ccc1Oc1ccc(CC(C)N)c(Br)c1. The topological polar surface area (TPSA) is 35.2 Å². The maximum Gasteiger partial charge on any atom is 0.130 e. The molecule has 0 spiro atoms. The predicted molar refractivity (Wildman–Crippen MR) is 87.8 cm³/mol. The van der Waals surface area contributed by atoms with Gasteiger partial charge in [0.2, 0.25) is 0 Å². The van der Waals surface area contributed by atoms with Crippen molar-refractivity contribution in [3.05, 3.63) is 57.0 Å². The normalized spacial score (nSPS) is 12.2. The first-order chi connectivity index (χ1) is 9.45. The molecule has 2 rings (SSSR count). The Kier molecular flexibility index (Phi) is 5.08. The molecule has 0 aliphatic rings. The largest absolute Gasteiger partial charge is 0.457 e. The van der Waals surface area contributed by atoms with Gasteiger partial charge in [-0.25, -0.2) is 0 Å². The van der Waals surface area contributed by atoms with Crippen LogP contribution < -0.4 is 10.5 Å². The number of nitrogens with two attached hydrogens (primary N) is 1. The van der Waals surface area contributed by atoms with Gasteiger partial charge in [0.05, 0.1) is 0 Å². The van der Waals surface area contributed by atoms with Crippen molar-refractivity contribution < 1.29 is 4.74 Å². The van der Waals surface area contributed by atoms with E-state index in [1.807, 2.05) is 50.2 Å². The fourth-order valence-electron chi connectivity index (χ4n) is 1.96. The molecule has 2 nitrogen and oxygen atoms in total. The van der Waals surface area contributed by atoms with Gasteiger partial charge in [0.25, 0.3) is 0 Å². The second kappa shape index (κ2) is 6.61. The number of rotatable bonds is 4. The molecule has 0 fully saturated rings. The van der Waals surface area contributed by atoms with E-state index < -0.39 is 0 Å². The summed E-state index contributed by atoms with van der Waals surface area (Å²) < 4.78 is 6.90. The zero-order valence-electron chi connectivity index (χ0n) is 11.5. The van der Waals surface area contributed by atoms with Crippen LogP contribution in [-0.4, -0.2) is 6.04 Å². The van der Waals surface area contributed by atoms with E-state index in [9.17, 15) is 0 Å². The molecular weight excluding hydrogens is 338 g/mol. The third-order valence-corrected chi connectivity index (χ3v) is 3.90. The molecule has 1 unspecified atom stereocenters. The maximum absolute atomic E-state index is 5.94. The van der Waals surface area contributed by atoms with Gasteiger partial charge < -0.3 is 10.5 Å². The highest BCUT2D eigenvalue weighted by Crippen LogP contribution is 2.30. The van der Waals surface area contributed by atoms with Crippen molar-refractivity contribution >= 4 is 27.5 Å². The molecule has 1 atom stereocenters. The Balaban J connectivity index is 2.20. The number of aryl methyl sites for hydroxylation is 1. The molecule has 0 saturated heterocycles. The lowest BCUT2D eigenvalue weighted by atomic mass is 10.1. The van der Waals surface area contributed by atoms with Gasteiger partial charge in [-0.15, -0.1) is 0 Å². The molecule has 4 heteroatoms. The van der Waals surface area contributed by atoms with Crippen LogP contribution in [0.2, 0.25) is 5.02 Å². The van der Waals surface area contributed by atoms with Crippen LogP contribution in [0.25, 0.3) is 0 Å². The van der Waals surface area contributed by atoms with Crippen LogP contribution in [-0.2, 0) is 6.42 Å². The molecule has 0 radical (unpaired) electrons. The van der Waals surface area contributed by atoms with Crippen LogP contribution in [0.1, 0.15) is 18.1 Å². The van der Waals surface area contributed by atoms with Crippen molar-refractivity contribution in [3.63, 3.8) is 0 Å². The highest BCUT2D eigenvalue weighted by Gasteiger charge is 2.07. The minimum absolute atomic E-state index is 0.136. The molecule has 0 amide bonds. The maximum atomic E-state index is 5.94. The zero-order chi connectivity index (χ0) is 14.7. The average molecular weight is 355 g/mol. The molecule has 106 valence electrons. The third-order valence-electron chi connectivity index (χ3n) is 2.93. The third kappa shape index (κ3) is 3.98. The molecule has 0 saturated carbocycles. The van der Waals surface area contributed by atoms with Crippen LogP contribution in [0.15, 0.2) is 40.9 Å². The van der Waals surface area contributed by atoms with E-state index in [0.29, 0.717) is 5.02 Å². The second-order valence-corrected chi connectivity index (χ2v) is 6.24. The van der Waals surface area contributed by atoms with Crippen LogP contribution >= 0.6 is 27.5 Å². The summed E-state index contributed by atoms with van der Waals surface area (Å²) in [6.07, 6.45) is 0.834. The summed E-state index contributed by atoms with van der Waals surface area (Å²) in [5.74, 6) is 1.59. The first-order valence-electron chi connectivity index (χ1n) is 6.43. The van der Waals surface area contributed by atoms with Crippen LogP contribution in [0.5, 0.6) is 11.5 Å². The molecule has 0 aliphatic heterocycles. The van der Waals surface area contributed by atoms with E-state index in [1.54, 1.807) is 0 Å². The van der Waals surface area contributed by atoms with Crippen molar-refractivity contribution in [2.45, 2.75) is 26.3 Å². The quantitative estimate of drug-likeness (QED) is 0.829. The lowest BCUT2D eigenvalue weighted by Crippen LogP contribution is -2.17. The van der Waals surface area contributed by atoms with Gasteiger partial charge in [-0.2, -0.15) is 0 Å². The Bertz CT molecular complexity index is 613. The van der Waals surface area contributed by atoms with E-state index in [1.165, 1.54) is 5.56 Å². The van der Waals surface area contributed by atoms with Crippen LogP contribution in [0.3, 0.4) is 0 Å². The number of ether oxygens (including phenoxy) is 1. The molecule has 0 heterocycles. The minimum Gasteiger partial charge on any atom is -0.457 e. The molecule has 2 N–H and O–H groups in total. The Labute approximate surface area is 133 Å². The van der Waals surface area contributed by atoms with Gasteiger partial charge in [0, 0.05) is 15.5 Å². The molecular formula is C16H17BrClNO. The van der Waals surface area contributed by atoms with E-state index in [0.717, 1.165) is 28.0 Å². The summed E-state index contributed by atoms with van der Waals surface area (Å²) in [7, 11) is 0. The average Bonchev–Trinajstić information content (AvgIpc) is 2.36. The highest BCUT2D eigenvalue weighted by atomic mass is 79.9. The molecule has 0 bridgehead atoms. The van der Waals surface area contributed by atoms with E-state index >= 15 is 0 Å². The van der Waals surface area contributed by atoms with Gasteiger partial charge in [-0.3, -0.25) is 0 Å². The summed E-state index contributed by atoms with van der Waals surface area (Å²) in [6.45, 7) is 3.97. The molecule has 2 aromatic rings. The zero-order valence-corrected chi connectivity index (χ0v) is 13.8. The first-order valence-corrected chi connectivity index (χ1v) is 7.61. The number of halogens is 2. The van der Waals surface area contributed by atoms with Crippen LogP contribution in [0.4, 0.5) is 0 Å². The van der Waals surface area contributed by atoms with E-state index in [4.69, 9.17) is 22.1 Å². The van der Waals surface area contributed by atoms with Crippen LogP contribution in [0, 0.1) is 6.92 Å². The Hall–Kier alpha value is -1.03. The summed E-state index contributed by atoms with van der Waals surface area (Å²) in [5.41, 5.74) is 8.01. The van der Waals surface area contributed by atoms with Crippen molar-refractivity contribution in [2.24, 2.45) is 5.73 Å². The van der Waals surface area contributed by atoms with Gasteiger partial charge >= 0.3 is 0 Å². The number of benzene rings is 2. The molecule has 0 aliphatic carbocycles. The summed E-state index contributed by atoms with van der Waals surface area (Å²) in [4.78, 5) is 0. The molecule has 2 aromatic carbocycles. The molecule has 20 heavy (non-hydrogen) atoms. The van der Waals surface area contributed by atoms with Gasteiger partial charge in [-0.1, -0.05) is 33.6 Å². The van der Waals surface area contributed by atoms with Crippen molar-refractivity contribution in [3.8, 4) is 11.5 Å². The van der Waals surface area contributed by atoms with Crippen molar-refractivity contribution in [1.29, 1.82) is 0 Å². The van der Waals surface area contributed by atoms with Gasteiger partial charge in [0.15, 0.2) is 0 Å².